The van der Waals surface area contributed by atoms with Gasteiger partial charge >= 0.3 is 11.9 Å². The summed E-state index contributed by atoms with van der Waals surface area (Å²) in [5.41, 5.74) is 2.20. The Balaban J connectivity index is 1.54. The summed E-state index contributed by atoms with van der Waals surface area (Å²) in [6.45, 7) is 1.84. The Morgan fingerprint density at radius 3 is 2.47 bits per heavy atom. The van der Waals surface area contributed by atoms with Gasteiger partial charge in [-0.05, 0) is 48.9 Å². The van der Waals surface area contributed by atoms with Crippen molar-refractivity contribution in [3.05, 3.63) is 139 Å². The van der Waals surface area contributed by atoms with E-state index in [1.54, 1.807) is 49.4 Å². The van der Waals surface area contributed by atoms with Gasteiger partial charge < -0.3 is 19.4 Å². The van der Waals surface area contributed by atoms with Crippen molar-refractivity contribution < 1.29 is 29.0 Å². The molecule has 10 heteroatoms. The number of rotatable bonds is 7. The largest absolute Gasteiger partial charge is 0.508 e. The van der Waals surface area contributed by atoms with Gasteiger partial charge in [-0.3, -0.25) is 9.36 Å². The Morgan fingerprint density at radius 2 is 1.74 bits per heavy atom. The quantitative estimate of drug-likeness (QED) is 0.264. The number of aromatic nitrogens is 1. The van der Waals surface area contributed by atoms with Crippen LogP contribution < -0.4 is 14.9 Å². The van der Waals surface area contributed by atoms with Crippen molar-refractivity contribution in [3.8, 4) is 17.1 Å². The van der Waals surface area contributed by atoms with E-state index < -0.39 is 18.0 Å². The first-order valence-corrected chi connectivity index (χ1v) is 14.2. The topological polar surface area (TPSA) is 131 Å². The van der Waals surface area contributed by atoms with E-state index in [-0.39, 0.29) is 29.1 Å². The number of phenols is 1. The molecule has 6 rings (SSSR count). The van der Waals surface area contributed by atoms with Crippen LogP contribution in [0.15, 0.2) is 111 Å². The summed E-state index contributed by atoms with van der Waals surface area (Å²) in [4.78, 5) is 44.1. The molecule has 1 aliphatic rings. The van der Waals surface area contributed by atoms with Gasteiger partial charge in [-0.25, -0.2) is 14.6 Å². The molecule has 2 N–H and O–H groups in total. The lowest BCUT2D eigenvalue weighted by Gasteiger charge is -2.25. The normalized spacial score (nSPS) is 14.7. The first-order chi connectivity index (χ1) is 20.8. The molecular formula is C33H24N2O7S. The molecule has 43 heavy (non-hydrogen) atoms. The minimum atomic E-state index is -1.05. The van der Waals surface area contributed by atoms with Crippen molar-refractivity contribution in [2.24, 2.45) is 4.99 Å². The number of phenolic OH excluding ortho intramolecular Hbond substituents is 1. The number of carbonyl (C=O) groups excluding carboxylic acids is 1. The molecule has 1 aliphatic heterocycles. The number of ether oxygens (including phenoxy) is 1. The van der Waals surface area contributed by atoms with Crippen molar-refractivity contribution in [1.82, 2.24) is 4.57 Å². The Morgan fingerprint density at radius 1 is 1.00 bits per heavy atom. The van der Waals surface area contributed by atoms with Gasteiger partial charge in [0.15, 0.2) is 4.80 Å². The third-order valence-corrected chi connectivity index (χ3v) is 7.86. The molecule has 3 heterocycles. The number of hydrogen-bond donors (Lipinski definition) is 2. The molecule has 0 bridgehead atoms. The number of carbonyl (C=O) groups is 2. The second-order valence-electron chi connectivity index (χ2n) is 9.61. The molecule has 5 aromatic rings. The maximum absolute atomic E-state index is 14.0. The summed E-state index contributed by atoms with van der Waals surface area (Å²) in [5.74, 6) is -0.773. The van der Waals surface area contributed by atoms with Crippen LogP contribution in [0.1, 0.15) is 40.2 Å². The van der Waals surface area contributed by atoms with Crippen molar-refractivity contribution >= 4 is 35.0 Å². The summed E-state index contributed by atoms with van der Waals surface area (Å²) >= 11 is 1.15. The molecular weight excluding hydrogens is 568 g/mol. The fourth-order valence-corrected chi connectivity index (χ4v) is 5.91. The van der Waals surface area contributed by atoms with E-state index in [1.807, 2.05) is 30.3 Å². The second kappa shape index (κ2) is 11.4. The van der Waals surface area contributed by atoms with Crippen LogP contribution in [0, 0.1) is 0 Å². The lowest BCUT2D eigenvalue weighted by atomic mass is 9.93. The smallest absolute Gasteiger partial charge is 0.338 e. The third kappa shape index (κ3) is 5.31. The summed E-state index contributed by atoms with van der Waals surface area (Å²) in [6.07, 6.45) is 1.60. The zero-order chi connectivity index (χ0) is 30.1. The van der Waals surface area contributed by atoms with Crippen molar-refractivity contribution in [3.63, 3.8) is 0 Å². The SMILES string of the molecule is CCOC(=O)C1=C(c2ccccc2)N=c2s/c(=C\c3ccc(-c4cccc(C(=O)O)c4)o3)c(=O)n2C1c1ccc(O)cc1. The molecule has 2 aromatic heterocycles. The molecule has 0 aliphatic carbocycles. The van der Waals surface area contributed by atoms with Gasteiger partial charge in [0.1, 0.15) is 17.3 Å². The first-order valence-electron chi connectivity index (χ1n) is 13.3. The number of aromatic hydroxyl groups is 1. The number of carboxylic acids is 1. The zero-order valence-electron chi connectivity index (χ0n) is 22.8. The lowest BCUT2D eigenvalue weighted by Crippen LogP contribution is -2.39. The summed E-state index contributed by atoms with van der Waals surface area (Å²) in [7, 11) is 0. The molecule has 9 nitrogen and oxygen atoms in total. The number of furan rings is 1. The van der Waals surface area contributed by atoms with Crippen LogP contribution in [0.5, 0.6) is 5.75 Å². The van der Waals surface area contributed by atoms with Crippen LogP contribution in [0.4, 0.5) is 0 Å². The summed E-state index contributed by atoms with van der Waals surface area (Å²) in [6, 6.07) is 24.4. The highest BCUT2D eigenvalue weighted by molar-refractivity contribution is 7.07. The standard InChI is InChI=1S/C33H24N2O7S/c1-2-41-32(40)27-28(19-7-4-3-5-8-19)34-33-35(29(27)20-11-13-23(36)14-12-20)30(37)26(43-33)18-24-15-16-25(42-24)21-9-6-10-22(17-21)31(38)39/h3-18,29,36H,2H2,1H3,(H,38,39)/b26-18-. The molecule has 214 valence electrons. The predicted molar refractivity (Wildman–Crippen MR) is 160 cm³/mol. The number of hydrogen-bond acceptors (Lipinski definition) is 8. The Labute approximate surface area is 248 Å². The predicted octanol–water partition coefficient (Wildman–Crippen LogP) is 4.60. The van der Waals surface area contributed by atoms with Gasteiger partial charge in [0, 0.05) is 17.2 Å². The van der Waals surface area contributed by atoms with E-state index in [1.165, 1.54) is 28.8 Å². The molecule has 1 atom stereocenters. The lowest BCUT2D eigenvalue weighted by molar-refractivity contribution is -0.138. The van der Waals surface area contributed by atoms with E-state index in [4.69, 9.17) is 14.1 Å². The van der Waals surface area contributed by atoms with Crippen molar-refractivity contribution in [1.29, 1.82) is 0 Å². The maximum atomic E-state index is 14.0. The maximum Gasteiger partial charge on any atom is 0.338 e. The minimum absolute atomic E-state index is 0.0450. The molecule has 0 spiro atoms. The first kappa shape index (κ1) is 27.7. The van der Waals surface area contributed by atoms with Gasteiger partial charge in [0.05, 0.1) is 34.0 Å². The zero-order valence-corrected chi connectivity index (χ0v) is 23.6. The van der Waals surface area contributed by atoms with Crippen LogP contribution in [0.25, 0.3) is 23.1 Å². The number of nitrogens with zero attached hydrogens (tertiary/aromatic N) is 2. The Hall–Kier alpha value is -5.48. The van der Waals surface area contributed by atoms with Crippen LogP contribution in [0.2, 0.25) is 0 Å². The monoisotopic (exact) mass is 592 g/mol. The molecule has 0 saturated heterocycles. The minimum Gasteiger partial charge on any atom is -0.508 e. The number of carboxylic acid groups (broad SMARTS) is 1. The number of fused-ring (bicyclic) bond motifs is 1. The average Bonchev–Trinajstić information content (AvgIpc) is 3.61. The van der Waals surface area contributed by atoms with Gasteiger partial charge in [0.2, 0.25) is 0 Å². The van der Waals surface area contributed by atoms with Gasteiger partial charge in [-0.15, -0.1) is 0 Å². The molecule has 0 saturated carbocycles. The molecule has 0 fully saturated rings. The van der Waals surface area contributed by atoms with E-state index in [0.717, 1.165) is 11.3 Å². The molecule has 1 unspecified atom stereocenters. The van der Waals surface area contributed by atoms with Crippen LogP contribution >= 0.6 is 11.3 Å². The fourth-order valence-electron chi connectivity index (χ4n) is 4.93. The fraction of sp³-hybridized carbons (Fsp3) is 0.0909. The van der Waals surface area contributed by atoms with E-state index >= 15 is 0 Å². The van der Waals surface area contributed by atoms with Crippen LogP contribution in [0.3, 0.4) is 0 Å². The number of esters is 1. The Bertz CT molecular complexity index is 2070. The van der Waals surface area contributed by atoms with Crippen LogP contribution in [-0.2, 0) is 9.53 Å². The van der Waals surface area contributed by atoms with Crippen LogP contribution in [-0.4, -0.2) is 33.3 Å². The van der Waals surface area contributed by atoms with Gasteiger partial charge in [-0.1, -0.05) is 65.9 Å². The average molecular weight is 593 g/mol. The molecule has 0 radical (unpaired) electrons. The summed E-state index contributed by atoms with van der Waals surface area (Å²) in [5, 5.41) is 19.3. The molecule has 0 amide bonds. The van der Waals surface area contributed by atoms with E-state index in [2.05, 4.69) is 0 Å². The van der Waals surface area contributed by atoms with E-state index in [9.17, 15) is 24.6 Å². The van der Waals surface area contributed by atoms with Gasteiger partial charge in [0.25, 0.3) is 5.56 Å². The highest BCUT2D eigenvalue weighted by atomic mass is 32.1. The molecule has 3 aromatic carbocycles. The summed E-state index contributed by atoms with van der Waals surface area (Å²) < 4.78 is 13.2. The Kier molecular flexibility index (Phi) is 7.35. The second-order valence-corrected chi connectivity index (χ2v) is 10.6. The van der Waals surface area contributed by atoms with Gasteiger partial charge in [-0.2, -0.15) is 0 Å². The number of benzene rings is 3. The van der Waals surface area contributed by atoms with Crippen molar-refractivity contribution in [2.75, 3.05) is 6.61 Å². The van der Waals surface area contributed by atoms with Crippen molar-refractivity contribution in [2.45, 2.75) is 13.0 Å². The number of aromatic carboxylic acids is 1. The van der Waals surface area contributed by atoms with E-state index in [0.29, 0.717) is 43.2 Å². The third-order valence-electron chi connectivity index (χ3n) is 6.88. The highest BCUT2D eigenvalue weighted by Crippen LogP contribution is 2.35. The highest BCUT2D eigenvalue weighted by Gasteiger charge is 2.35. The number of thiazole rings is 1.